The molecule has 2 aromatic carbocycles. The predicted octanol–water partition coefficient (Wildman–Crippen LogP) is 4.70. The lowest BCUT2D eigenvalue weighted by molar-refractivity contribution is -0.525. The summed E-state index contributed by atoms with van der Waals surface area (Å²) >= 11 is 0. The summed E-state index contributed by atoms with van der Waals surface area (Å²) in [5, 5.41) is 14.9. The average Bonchev–Trinajstić information content (AvgIpc) is 3.34. The molecule has 45 heavy (non-hydrogen) atoms. The molecule has 0 spiro atoms. The molecule has 1 saturated heterocycles. The molecule has 11 nitrogen and oxygen atoms in total. The number of hydrogen-bond donors (Lipinski definition) is 3. The third-order valence-corrected chi connectivity index (χ3v) is 10.4. The lowest BCUT2D eigenvalue weighted by atomic mass is 9.43. The minimum absolute atomic E-state index is 0.00521. The summed E-state index contributed by atoms with van der Waals surface area (Å²) in [6.07, 6.45) is 3.50. The molecule has 6 rings (SSSR count). The largest absolute Gasteiger partial charge is 0.481 e. The minimum atomic E-state index is -0.777. The molecular formula is C33H46BN5O6. The maximum atomic E-state index is 14.0. The lowest BCUT2D eigenvalue weighted by Gasteiger charge is -2.64. The van der Waals surface area contributed by atoms with Crippen molar-refractivity contribution in [3.63, 3.8) is 0 Å². The Balaban J connectivity index is 1.33. The van der Waals surface area contributed by atoms with E-state index in [0.29, 0.717) is 36.7 Å². The molecule has 2 aromatic rings. The molecule has 4 N–H and O–H groups in total. The maximum Gasteiger partial charge on any atom is 0.481 e. The topological polar surface area (TPSA) is 158 Å². The summed E-state index contributed by atoms with van der Waals surface area (Å²) in [5.41, 5.74) is 7.77. The van der Waals surface area contributed by atoms with Gasteiger partial charge in [-0.05, 0) is 73.0 Å². The molecule has 1 heterocycles. The molecule has 0 radical (unpaired) electrons. The third-order valence-electron chi connectivity index (χ3n) is 10.4. The maximum absolute atomic E-state index is 14.0. The Morgan fingerprint density at radius 2 is 1.89 bits per heavy atom. The Labute approximate surface area is 265 Å². The van der Waals surface area contributed by atoms with Crippen molar-refractivity contribution in [1.82, 2.24) is 10.7 Å². The molecule has 6 atom stereocenters. The smallest absolute Gasteiger partial charge is 0.404 e. The summed E-state index contributed by atoms with van der Waals surface area (Å²) in [6.45, 7) is 11.2. The second kappa shape index (κ2) is 13.1. The van der Waals surface area contributed by atoms with Crippen LogP contribution < -0.4 is 16.5 Å². The Morgan fingerprint density at radius 3 is 2.60 bits per heavy atom. The highest BCUT2D eigenvalue weighted by atomic mass is 16.7. The van der Waals surface area contributed by atoms with Gasteiger partial charge in [0.25, 0.3) is 5.96 Å². The van der Waals surface area contributed by atoms with E-state index in [-0.39, 0.29) is 54.0 Å². The zero-order valence-electron chi connectivity index (χ0n) is 27.0. The van der Waals surface area contributed by atoms with Crippen molar-refractivity contribution in [2.45, 2.75) is 90.8 Å². The van der Waals surface area contributed by atoms with Gasteiger partial charge < -0.3 is 20.4 Å². The van der Waals surface area contributed by atoms with E-state index in [1.54, 1.807) is 6.07 Å². The number of nitrogens with one attached hydrogen (secondary N) is 2. The Hall–Kier alpha value is -3.51. The van der Waals surface area contributed by atoms with Gasteiger partial charge in [-0.25, -0.2) is 15.1 Å². The van der Waals surface area contributed by atoms with Crippen molar-refractivity contribution in [1.29, 1.82) is 0 Å². The van der Waals surface area contributed by atoms with Crippen LogP contribution in [0, 0.1) is 39.2 Å². The van der Waals surface area contributed by atoms with Gasteiger partial charge in [0, 0.05) is 24.4 Å². The highest BCUT2D eigenvalue weighted by molar-refractivity contribution is 6.47. The summed E-state index contributed by atoms with van der Waals surface area (Å²) < 4.78 is 13.3. The van der Waals surface area contributed by atoms with E-state index in [0.717, 1.165) is 23.6 Å². The van der Waals surface area contributed by atoms with Gasteiger partial charge in [-0.3, -0.25) is 9.59 Å². The number of guanidine groups is 1. The number of hydrazine groups is 1. The monoisotopic (exact) mass is 619 g/mol. The van der Waals surface area contributed by atoms with Gasteiger partial charge in [0.2, 0.25) is 5.91 Å². The molecule has 1 amide bonds. The van der Waals surface area contributed by atoms with Crippen LogP contribution in [0.1, 0.15) is 83.5 Å². The number of amides is 1. The molecular weight excluding hydrogens is 573 g/mol. The van der Waals surface area contributed by atoms with Gasteiger partial charge in [-0.15, -0.1) is 0 Å². The quantitative estimate of drug-likeness (QED) is 0.0554. The fourth-order valence-electron chi connectivity index (χ4n) is 7.91. The van der Waals surface area contributed by atoms with Crippen LogP contribution in [0.25, 0.3) is 10.8 Å². The first-order valence-corrected chi connectivity index (χ1v) is 16.1. The van der Waals surface area contributed by atoms with Gasteiger partial charge in [0.05, 0.1) is 17.6 Å². The molecule has 12 heteroatoms. The second-order valence-corrected chi connectivity index (χ2v) is 14.2. The summed E-state index contributed by atoms with van der Waals surface area (Å²) in [4.78, 5) is 42.4. The number of nitrogens with two attached hydrogens (primary N) is 1. The number of fused-ring (bicyclic) bond motifs is 1. The van der Waals surface area contributed by atoms with Crippen LogP contribution in [-0.4, -0.2) is 54.0 Å². The molecule has 4 fully saturated rings. The van der Waals surface area contributed by atoms with Crippen LogP contribution in [0.2, 0.25) is 0 Å². The first-order chi connectivity index (χ1) is 21.3. The molecule has 2 bridgehead atoms. The number of carbonyl (C=O) groups excluding carboxylic acids is 2. The normalized spacial score (nSPS) is 26.6. The average molecular weight is 620 g/mol. The lowest BCUT2D eigenvalue weighted by Crippen LogP contribution is -2.65. The molecule has 4 aliphatic rings. The number of carbonyl (C=O) groups is 2. The predicted molar refractivity (Wildman–Crippen MR) is 174 cm³/mol. The summed E-state index contributed by atoms with van der Waals surface area (Å²) in [5.74, 6) is -0.432. The Bertz CT molecular complexity index is 1460. The van der Waals surface area contributed by atoms with E-state index < -0.39 is 23.7 Å². The van der Waals surface area contributed by atoms with E-state index in [4.69, 9.17) is 15.0 Å². The van der Waals surface area contributed by atoms with Crippen molar-refractivity contribution in [2.24, 2.45) is 39.8 Å². The Kier molecular flexibility index (Phi) is 9.56. The van der Waals surface area contributed by atoms with Crippen molar-refractivity contribution >= 4 is 35.5 Å². The zero-order valence-corrected chi connectivity index (χ0v) is 27.0. The van der Waals surface area contributed by atoms with Crippen LogP contribution in [0.3, 0.4) is 0 Å². The van der Waals surface area contributed by atoms with Crippen LogP contribution in [0.15, 0.2) is 47.5 Å². The molecule has 242 valence electrons. The SMILES string of the molecule is CC(C)C[C@H](NC(=O)[C@H](CCCN=C(N)N[N+](=O)[O-])CC(=O)c1cccc2ccccc12)B1O[C@@H]2C[C@@H]3C[C@@H](C3(C)C)[C@]2(C)O1. The fourth-order valence-corrected chi connectivity index (χ4v) is 7.91. The van der Waals surface area contributed by atoms with E-state index >= 15 is 0 Å². The minimum Gasteiger partial charge on any atom is -0.404 e. The van der Waals surface area contributed by atoms with E-state index in [1.807, 2.05) is 41.8 Å². The standard InChI is InChI=1S/C33H46BN5O6/c1-20(2)16-29(34-44-28-19-23-18-27(32(23,3)4)33(28,5)45-34)37-30(41)22(12-9-15-36-31(35)38-39(42)43)17-26(40)25-14-8-11-21-10-6-7-13-24(21)25/h6-8,10-11,13-14,20,22-23,27-29H,9,12,15-19H2,1-5H3,(H,37,41)(H3,35,36,38)/t22-,23+,27+,28-,29+,33+/m1/s1. The van der Waals surface area contributed by atoms with Crippen LogP contribution in [0.4, 0.5) is 0 Å². The van der Waals surface area contributed by atoms with Crippen molar-refractivity contribution in [3.05, 3.63) is 58.1 Å². The van der Waals surface area contributed by atoms with Crippen LogP contribution >= 0.6 is 0 Å². The number of benzene rings is 2. The van der Waals surface area contributed by atoms with E-state index in [2.05, 4.69) is 44.9 Å². The molecule has 0 unspecified atom stereocenters. The van der Waals surface area contributed by atoms with Gasteiger partial charge in [-0.2, -0.15) is 0 Å². The number of Topliss-reactive ketones (excluding diaryl/α,β-unsaturated/α-hetero) is 1. The van der Waals surface area contributed by atoms with Crippen LogP contribution in [-0.2, 0) is 14.1 Å². The highest BCUT2D eigenvalue weighted by Crippen LogP contribution is 2.65. The van der Waals surface area contributed by atoms with Gasteiger partial charge in [-0.1, -0.05) is 75.6 Å². The molecule has 0 aromatic heterocycles. The van der Waals surface area contributed by atoms with Gasteiger partial charge >= 0.3 is 7.12 Å². The molecule has 1 aliphatic heterocycles. The Morgan fingerprint density at radius 1 is 1.16 bits per heavy atom. The number of ketones is 1. The van der Waals surface area contributed by atoms with Crippen molar-refractivity contribution in [3.8, 4) is 0 Å². The summed E-state index contributed by atoms with van der Waals surface area (Å²) in [7, 11) is -0.575. The fraction of sp³-hybridized carbons (Fsp3) is 0.606. The van der Waals surface area contributed by atoms with Crippen molar-refractivity contribution in [2.75, 3.05) is 6.54 Å². The second-order valence-electron chi connectivity index (χ2n) is 14.2. The first kappa shape index (κ1) is 32.9. The van der Waals surface area contributed by atoms with Gasteiger partial charge in [0.1, 0.15) is 0 Å². The summed E-state index contributed by atoms with van der Waals surface area (Å²) in [6, 6.07) is 13.3. The molecule has 3 aliphatic carbocycles. The van der Waals surface area contributed by atoms with Crippen molar-refractivity contribution < 1.29 is 23.9 Å². The zero-order chi connectivity index (χ0) is 32.5. The number of nitrogens with zero attached hydrogens (tertiary/aromatic N) is 2. The first-order valence-electron chi connectivity index (χ1n) is 16.1. The van der Waals surface area contributed by atoms with Crippen LogP contribution in [0.5, 0.6) is 0 Å². The van der Waals surface area contributed by atoms with E-state index in [9.17, 15) is 19.7 Å². The highest BCUT2D eigenvalue weighted by Gasteiger charge is 2.68. The van der Waals surface area contributed by atoms with Gasteiger partial charge in [0.15, 0.2) is 10.8 Å². The number of rotatable bonds is 13. The third kappa shape index (κ3) is 6.86. The number of aliphatic imine (C=N–C) groups is 1. The number of nitro groups is 1. The number of hydrogen-bond acceptors (Lipinski definition) is 7. The van der Waals surface area contributed by atoms with E-state index in [1.165, 1.54) is 0 Å². The molecule has 3 saturated carbocycles.